The van der Waals surface area contributed by atoms with Crippen LogP contribution in [0.5, 0.6) is 0 Å². The Morgan fingerprint density at radius 3 is 2.51 bits per heavy atom. The molecule has 0 unspecified atom stereocenters. The summed E-state index contributed by atoms with van der Waals surface area (Å²) in [5, 5.41) is 6.07. The Kier molecular flexibility index (Phi) is 7.04. The highest BCUT2D eigenvalue weighted by Crippen LogP contribution is 2.46. The lowest BCUT2D eigenvalue weighted by Crippen LogP contribution is -2.47. The van der Waals surface area contributed by atoms with Crippen LogP contribution >= 0.6 is 23.2 Å². The molecule has 1 aliphatic carbocycles. The quantitative estimate of drug-likeness (QED) is 0.243. The summed E-state index contributed by atoms with van der Waals surface area (Å²) >= 11 is 13.0. The zero-order valence-electron chi connectivity index (χ0n) is 21.8. The van der Waals surface area contributed by atoms with Gasteiger partial charge in [0.1, 0.15) is 11.5 Å². The maximum atomic E-state index is 15.7. The van der Waals surface area contributed by atoms with Gasteiger partial charge in [-0.15, -0.1) is 0 Å². The van der Waals surface area contributed by atoms with Gasteiger partial charge in [0.05, 0.1) is 33.9 Å². The molecule has 1 saturated heterocycles. The summed E-state index contributed by atoms with van der Waals surface area (Å²) in [4.78, 5) is 16.6. The van der Waals surface area contributed by atoms with Crippen molar-refractivity contribution in [1.82, 2.24) is 14.6 Å². The number of aromatic nitrogens is 2. The van der Waals surface area contributed by atoms with Crippen molar-refractivity contribution in [2.45, 2.75) is 25.2 Å². The summed E-state index contributed by atoms with van der Waals surface area (Å²) in [7, 11) is 3.07. The Balaban J connectivity index is 1.17. The van der Waals surface area contributed by atoms with Crippen molar-refractivity contribution in [1.29, 1.82) is 0 Å². The molecule has 2 aromatic carbocycles. The predicted octanol–water partition coefficient (Wildman–Crippen LogP) is 6.31. The normalized spacial score (nSPS) is 16.3. The van der Waals surface area contributed by atoms with Crippen LogP contribution in [0.25, 0.3) is 22.2 Å². The van der Waals surface area contributed by atoms with Crippen LogP contribution < -0.4 is 4.90 Å². The molecule has 0 N–H and O–H groups in total. The zero-order chi connectivity index (χ0) is 27.3. The molecule has 0 atom stereocenters. The molecule has 2 aromatic heterocycles. The zero-order valence-corrected chi connectivity index (χ0v) is 23.4. The Morgan fingerprint density at radius 1 is 1.13 bits per heavy atom. The molecule has 2 fully saturated rings. The molecule has 0 spiro atoms. The third-order valence-corrected chi connectivity index (χ3v) is 8.45. The number of ether oxygens (including phenoxy) is 1. The standard InChI is InChI=1S/C29H29Cl2FN4O3/c1-34-16-20(29(37)38-2)18-8-9-23(25(32)27(18)34)36-14-12-35(13-15-36)11-10-19-26(33-39-28(19)17-6-7-17)24-21(30)4-3-5-22(24)31/h3-5,8-9,16-17H,6-7,10-15H2,1-2H3. The van der Waals surface area contributed by atoms with Crippen LogP contribution in [-0.2, 0) is 18.2 Å². The minimum absolute atomic E-state index is 0.321. The molecule has 7 nitrogen and oxygen atoms in total. The highest BCUT2D eigenvalue weighted by Gasteiger charge is 2.33. The molecule has 0 amide bonds. The highest BCUT2D eigenvalue weighted by molar-refractivity contribution is 6.39. The first kappa shape index (κ1) is 26.2. The monoisotopic (exact) mass is 570 g/mol. The van der Waals surface area contributed by atoms with Crippen molar-refractivity contribution in [2.75, 3.05) is 44.7 Å². The number of methoxy groups -OCH3 is 1. The molecule has 10 heteroatoms. The van der Waals surface area contributed by atoms with Crippen LogP contribution in [0.4, 0.5) is 10.1 Å². The molecule has 1 saturated carbocycles. The van der Waals surface area contributed by atoms with Gasteiger partial charge in [-0.2, -0.15) is 0 Å². The summed E-state index contributed by atoms with van der Waals surface area (Å²) in [5.74, 6) is 0.566. The summed E-state index contributed by atoms with van der Waals surface area (Å²) < 4.78 is 28.0. The van der Waals surface area contributed by atoms with Gasteiger partial charge in [-0.1, -0.05) is 34.4 Å². The van der Waals surface area contributed by atoms with Crippen LogP contribution in [-0.4, -0.2) is 60.4 Å². The van der Waals surface area contributed by atoms with E-state index >= 15 is 4.39 Å². The van der Waals surface area contributed by atoms with Gasteiger partial charge in [0.25, 0.3) is 0 Å². The van der Waals surface area contributed by atoms with Crippen molar-refractivity contribution < 1.29 is 18.4 Å². The first-order valence-electron chi connectivity index (χ1n) is 13.1. The minimum atomic E-state index is -0.473. The van der Waals surface area contributed by atoms with E-state index in [1.807, 2.05) is 18.2 Å². The van der Waals surface area contributed by atoms with Gasteiger partial charge in [0.15, 0.2) is 5.82 Å². The van der Waals surface area contributed by atoms with Crippen LogP contribution in [0.3, 0.4) is 0 Å². The Labute approximate surface area is 236 Å². The average Bonchev–Trinajstić information content (AvgIpc) is 3.61. The van der Waals surface area contributed by atoms with Crippen molar-refractivity contribution >= 4 is 45.8 Å². The summed E-state index contributed by atoms with van der Waals surface area (Å²) in [6.07, 6.45) is 4.60. The first-order valence-corrected chi connectivity index (χ1v) is 13.9. The van der Waals surface area contributed by atoms with E-state index in [0.29, 0.717) is 51.2 Å². The fourth-order valence-electron chi connectivity index (χ4n) is 5.59. The maximum Gasteiger partial charge on any atom is 0.340 e. The van der Waals surface area contributed by atoms with Gasteiger partial charge in [-0.25, -0.2) is 9.18 Å². The SMILES string of the molecule is COC(=O)c1cn(C)c2c(F)c(N3CCN(CCc4c(-c5c(Cl)cccc5Cl)noc4C4CC4)CC3)ccc12. The number of rotatable bonds is 7. The number of fused-ring (bicyclic) bond motifs is 1. The van der Waals surface area contributed by atoms with E-state index in [2.05, 4.69) is 15.0 Å². The van der Waals surface area contributed by atoms with Crippen LogP contribution in [0.2, 0.25) is 10.0 Å². The van der Waals surface area contributed by atoms with Crippen LogP contribution in [0.1, 0.15) is 40.4 Å². The molecule has 39 heavy (non-hydrogen) atoms. The molecule has 0 bridgehead atoms. The van der Waals surface area contributed by atoms with E-state index in [0.717, 1.165) is 61.5 Å². The largest absolute Gasteiger partial charge is 0.465 e. The molecule has 0 radical (unpaired) electrons. The number of carbonyl (C=O) groups excluding carboxylic acids is 1. The molecule has 3 heterocycles. The fraction of sp³-hybridized carbons (Fsp3) is 0.379. The van der Waals surface area contributed by atoms with Crippen molar-refractivity contribution in [3.63, 3.8) is 0 Å². The molecule has 4 aromatic rings. The summed E-state index contributed by atoms with van der Waals surface area (Å²) in [6, 6.07) is 9.03. The summed E-state index contributed by atoms with van der Waals surface area (Å²) in [5.41, 5.74) is 3.85. The van der Waals surface area contributed by atoms with Gasteiger partial charge in [-0.3, -0.25) is 4.90 Å². The molecular weight excluding hydrogens is 542 g/mol. The molecular formula is C29H29Cl2FN4O3. The lowest BCUT2D eigenvalue weighted by Gasteiger charge is -2.36. The van der Waals surface area contributed by atoms with Gasteiger partial charge in [0, 0.05) is 68.4 Å². The number of carbonyl (C=O) groups is 1. The topological polar surface area (TPSA) is 63.7 Å². The molecule has 1 aliphatic heterocycles. The first-order chi connectivity index (χ1) is 18.9. The van der Waals surface area contributed by atoms with E-state index in [1.165, 1.54) is 7.11 Å². The second-order valence-corrected chi connectivity index (χ2v) is 11.1. The predicted molar refractivity (Wildman–Crippen MR) is 151 cm³/mol. The van der Waals surface area contributed by atoms with E-state index in [1.54, 1.807) is 29.9 Å². The van der Waals surface area contributed by atoms with E-state index in [9.17, 15) is 4.79 Å². The van der Waals surface area contributed by atoms with E-state index in [4.69, 9.17) is 32.5 Å². The number of anilines is 1. The second kappa shape index (κ2) is 10.5. The number of hydrogen-bond acceptors (Lipinski definition) is 6. The van der Waals surface area contributed by atoms with E-state index in [-0.39, 0.29) is 5.82 Å². The Hall–Kier alpha value is -3.07. The number of hydrogen-bond donors (Lipinski definition) is 0. The number of benzene rings is 2. The average molecular weight is 571 g/mol. The van der Waals surface area contributed by atoms with Gasteiger partial charge in [0.2, 0.25) is 0 Å². The number of halogens is 3. The lowest BCUT2D eigenvalue weighted by atomic mass is 10.0. The van der Waals surface area contributed by atoms with Crippen molar-refractivity contribution in [2.24, 2.45) is 7.05 Å². The smallest absolute Gasteiger partial charge is 0.340 e. The van der Waals surface area contributed by atoms with Gasteiger partial charge >= 0.3 is 5.97 Å². The maximum absolute atomic E-state index is 15.7. The highest BCUT2D eigenvalue weighted by atomic mass is 35.5. The number of aryl methyl sites for hydroxylation is 1. The molecule has 6 rings (SSSR count). The van der Waals surface area contributed by atoms with Gasteiger partial charge < -0.3 is 18.7 Å². The second-order valence-electron chi connectivity index (χ2n) is 10.3. The summed E-state index contributed by atoms with van der Waals surface area (Å²) in [6.45, 7) is 3.80. The van der Waals surface area contributed by atoms with Crippen LogP contribution in [0, 0.1) is 5.82 Å². The Bertz CT molecular complexity index is 1530. The molecule has 2 aliphatic rings. The minimum Gasteiger partial charge on any atom is -0.465 e. The molecule has 204 valence electrons. The lowest BCUT2D eigenvalue weighted by molar-refractivity contribution is 0.0602. The van der Waals surface area contributed by atoms with Crippen molar-refractivity contribution in [3.05, 3.63) is 69.3 Å². The Morgan fingerprint density at radius 2 is 1.85 bits per heavy atom. The third-order valence-electron chi connectivity index (χ3n) is 7.82. The van der Waals surface area contributed by atoms with Crippen LogP contribution in [0.15, 0.2) is 41.1 Å². The fourth-order valence-corrected chi connectivity index (χ4v) is 6.17. The van der Waals surface area contributed by atoms with Gasteiger partial charge in [-0.05, 0) is 43.5 Å². The number of piperazine rings is 1. The third kappa shape index (κ3) is 4.79. The van der Waals surface area contributed by atoms with Crippen molar-refractivity contribution in [3.8, 4) is 11.3 Å². The number of nitrogens with zero attached hydrogens (tertiary/aromatic N) is 4. The van der Waals surface area contributed by atoms with E-state index < -0.39 is 5.97 Å². The number of esters is 1.